The van der Waals surface area contributed by atoms with E-state index in [1.54, 1.807) is 31.3 Å². The molecule has 2 aromatic rings. The van der Waals surface area contributed by atoms with E-state index in [9.17, 15) is 14.9 Å². The molecule has 22 heavy (non-hydrogen) atoms. The van der Waals surface area contributed by atoms with E-state index in [-0.39, 0.29) is 17.3 Å². The molecule has 0 unspecified atom stereocenters. The lowest BCUT2D eigenvalue weighted by atomic mass is 10.2. The average molecular weight is 338 g/mol. The van der Waals surface area contributed by atoms with E-state index in [1.165, 1.54) is 23.9 Å². The van der Waals surface area contributed by atoms with Gasteiger partial charge in [-0.15, -0.1) is 0 Å². The van der Waals surface area contributed by atoms with Crippen molar-refractivity contribution in [2.24, 2.45) is 0 Å². The van der Waals surface area contributed by atoms with Gasteiger partial charge in [0, 0.05) is 18.3 Å². The van der Waals surface area contributed by atoms with E-state index in [2.05, 4.69) is 10.3 Å². The Bertz CT molecular complexity index is 724. The van der Waals surface area contributed by atoms with Gasteiger partial charge >= 0.3 is 0 Å². The minimum Gasteiger partial charge on any atom is -0.325 e. The van der Waals surface area contributed by atoms with Crippen molar-refractivity contribution >= 4 is 40.6 Å². The van der Waals surface area contributed by atoms with Gasteiger partial charge in [-0.2, -0.15) is 0 Å². The molecule has 0 aliphatic carbocycles. The molecule has 1 heterocycles. The Labute approximate surface area is 136 Å². The average Bonchev–Trinajstić information content (AvgIpc) is 2.48. The number of aryl methyl sites for hydroxylation is 1. The van der Waals surface area contributed by atoms with Crippen molar-refractivity contribution in [1.82, 2.24) is 4.98 Å². The molecule has 1 aromatic heterocycles. The highest BCUT2D eigenvalue weighted by Crippen LogP contribution is 2.25. The van der Waals surface area contributed by atoms with Crippen LogP contribution in [0.1, 0.15) is 5.56 Å². The van der Waals surface area contributed by atoms with Gasteiger partial charge in [-0.3, -0.25) is 14.9 Å². The van der Waals surface area contributed by atoms with Crippen molar-refractivity contribution in [3.63, 3.8) is 0 Å². The Morgan fingerprint density at radius 2 is 2.23 bits per heavy atom. The molecule has 1 amide bonds. The van der Waals surface area contributed by atoms with Crippen molar-refractivity contribution in [3.05, 3.63) is 57.2 Å². The maximum absolute atomic E-state index is 12.0. The number of hydrogen-bond acceptors (Lipinski definition) is 5. The number of halogens is 1. The number of aromatic nitrogens is 1. The first-order chi connectivity index (χ1) is 10.5. The summed E-state index contributed by atoms with van der Waals surface area (Å²) in [5.41, 5.74) is 1.10. The van der Waals surface area contributed by atoms with Gasteiger partial charge in [-0.05, 0) is 24.6 Å². The van der Waals surface area contributed by atoms with Crippen LogP contribution in [0.25, 0.3) is 0 Å². The highest BCUT2D eigenvalue weighted by atomic mass is 35.5. The Kier molecular flexibility index (Phi) is 5.35. The van der Waals surface area contributed by atoms with E-state index in [1.807, 2.05) is 0 Å². The number of carbonyl (C=O) groups is 1. The number of nitro benzene ring substituents is 1. The standard InChI is InChI=1S/C14H12ClN3O3S/c1-9-4-5-10(18(20)21)7-12(9)17-13(19)8-22-14-11(15)3-2-6-16-14/h2-7H,8H2,1H3,(H,17,19). The molecule has 0 saturated carbocycles. The molecule has 0 atom stereocenters. The molecule has 0 fully saturated rings. The van der Waals surface area contributed by atoms with E-state index >= 15 is 0 Å². The zero-order chi connectivity index (χ0) is 16.1. The second-order valence-corrected chi connectivity index (χ2v) is 5.75. The lowest BCUT2D eigenvalue weighted by Gasteiger charge is -2.08. The van der Waals surface area contributed by atoms with Gasteiger partial charge < -0.3 is 5.32 Å². The topological polar surface area (TPSA) is 85.1 Å². The molecule has 114 valence electrons. The van der Waals surface area contributed by atoms with Crippen LogP contribution in [0.3, 0.4) is 0 Å². The molecule has 1 N–H and O–H groups in total. The van der Waals surface area contributed by atoms with Crippen LogP contribution in [-0.2, 0) is 4.79 Å². The maximum atomic E-state index is 12.0. The molecule has 0 saturated heterocycles. The van der Waals surface area contributed by atoms with E-state index in [4.69, 9.17) is 11.6 Å². The molecule has 2 rings (SSSR count). The van der Waals surface area contributed by atoms with Crippen LogP contribution in [0.4, 0.5) is 11.4 Å². The number of thioether (sulfide) groups is 1. The molecule has 8 heteroatoms. The molecule has 0 aliphatic heterocycles. The zero-order valence-electron chi connectivity index (χ0n) is 11.6. The summed E-state index contributed by atoms with van der Waals surface area (Å²) in [4.78, 5) is 26.3. The van der Waals surface area contributed by atoms with Crippen LogP contribution >= 0.6 is 23.4 Å². The molecule has 1 aromatic carbocycles. The number of anilines is 1. The third-order valence-corrected chi connectivity index (χ3v) is 4.19. The van der Waals surface area contributed by atoms with Crippen LogP contribution < -0.4 is 5.32 Å². The molecular weight excluding hydrogens is 326 g/mol. The van der Waals surface area contributed by atoms with Crippen molar-refractivity contribution in [2.75, 3.05) is 11.1 Å². The number of hydrogen-bond donors (Lipinski definition) is 1. The minimum absolute atomic E-state index is 0.0682. The quantitative estimate of drug-likeness (QED) is 0.511. The second kappa shape index (κ2) is 7.24. The first kappa shape index (κ1) is 16.3. The summed E-state index contributed by atoms with van der Waals surface area (Å²) in [5.74, 6) is -0.172. The van der Waals surface area contributed by atoms with Crippen LogP contribution in [0.15, 0.2) is 41.6 Å². The number of amides is 1. The van der Waals surface area contributed by atoms with E-state index < -0.39 is 4.92 Å². The number of benzene rings is 1. The summed E-state index contributed by atoms with van der Waals surface area (Å²) in [6, 6.07) is 7.73. The molecule has 0 aliphatic rings. The maximum Gasteiger partial charge on any atom is 0.271 e. The lowest BCUT2D eigenvalue weighted by molar-refractivity contribution is -0.384. The molecule has 6 nitrogen and oxygen atoms in total. The number of rotatable bonds is 5. The summed E-state index contributed by atoms with van der Waals surface area (Å²) in [6.07, 6.45) is 1.59. The normalized spacial score (nSPS) is 10.3. The number of pyridine rings is 1. The number of nitro groups is 1. The SMILES string of the molecule is Cc1ccc([N+](=O)[O-])cc1NC(=O)CSc1ncccc1Cl. The highest BCUT2D eigenvalue weighted by molar-refractivity contribution is 8.00. The van der Waals surface area contributed by atoms with Crippen LogP contribution in [-0.4, -0.2) is 21.6 Å². The summed E-state index contributed by atoms with van der Waals surface area (Å²) in [5, 5.41) is 14.5. The molecular formula is C14H12ClN3O3S. The predicted molar refractivity (Wildman–Crippen MR) is 86.4 cm³/mol. The summed E-state index contributed by atoms with van der Waals surface area (Å²) < 4.78 is 0. The van der Waals surface area contributed by atoms with Gasteiger partial charge in [-0.25, -0.2) is 4.98 Å². The lowest BCUT2D eigenvalue weighted by Crippen LogP contribution is -2.15. The third-order valence-electron chi connectivity index (χ3n) is 2.77. The Hall–Kier alpha value is -2.12. The number of nitrogens with one attached hydrogen (secondary N) is 1. The van der Waals surface area contributed by atoms with Crippen LogP contribution in [0.2, 0.25) is 5.02 Å². The number of carbonyl (C=O) groups excluding carboxylic acids is 1. The zero-order valence-corrected chi connectivity index (χ0v) is 13.1. The second-order valence-electron chi connectivity index (χ2n) is 4.38. The largest absolute Gasteiger partial charge is 0.325 e. The highest BCUT2D eigenvalue weighted by Gasteiger charge is 2.12. The third kappa shape index (κ3) is 4.19. The Morgan fingerprint density at radius 3 is 2.91 bits per heavy atom. The summed E-state index contributed by atoms with van der Waals surface area (Å²) >= 11 is 7.16. The molecule has 0 spiro atoms. The van der Waals surface area contributed by atoms with Crippen molar-refractivity contribution in [2.45, 2.75) is 11.9 Å². The monoisotopic (exact) mass is 337 g/mol. The number of non-ortho nitro benzene ring substituents is 1. The van der Waals surface area contributed by atoms with Gasteiger partial charge in [0.15, 0.2) is 0 Å². The fourth-order valence-corrected chi connectivity index (χ4v) is 2.62. The van der Waals surface area contributed by atoms with Gasteiger partial charge in [0.2, 0.25) is 5.91 Å². The van der Waals surface area contributed by atoms with Gasteiger partial charge in [0.1, 0.15) is 5.03 Å². The van der Waals surface area contributed by atoms with Crippen LogP contribution in [0, 0.1) is 17.0 Å². The molecule has 0 bridgehead atoms. The first-order valence-electron chi connectivity index (χ1n) is 6.25. The Balaban J connectivity index is 2.02. The smallest absolute Gasteiger partial charge is 0.271 e. The predicted octanol–water partition coefficient (Wildman–Crippen LogP) is 3.68. The number of nitrogens with zero attached hydrogens (tertiary/aromatic N) is 2. The summed E-state index contributed by atoms with van der Waals surface area (Å²) in [7, 11) is 0. The van der Waals surface area contributed by atoms with Crippen molar-refractivity contribution in [3.8, 4) is 0 Å². The van der Waals surface area contributed by atoms with Crippen molar-refractivity contribution < 1.29 is 9.72 Å². The Morgan fingerprint density at radius 1 is 1.45 bits per heavy atom. The minimum atomic E-state index is -0.502. The van der Waals surface area contributed by atoms with Gasteiger partial charge in [0.25, 0.3) is 5.69 Å². The van der Waals surface area contributed by atoms with E-state index in [0.717, 1.165) is 5.56 Å². The first-order valence-corrected chi connectivity index (χ1v) is 7.62. The van der Waals surface area contributed by atoms with Crippen LogP contribution in [0.5, 0.6) is 0 Å². The fraction of sp³-hybridized carbons (Fsp3) is 0.143. The fourth-order valence-electron chi connectivity index (χ4n) is 1.66. The van der Waals surface area contributed by atoms with Crippen molar-refractivity contribution in [1.29, 1.82) is 0 Å². The summed E-state index contributed by atoms with van der Waals surface area (Å²) in [6.45, 7) is 1.77. The van der Waals surface area contributed by atoms with Gasteiger partial charge in [0.05, 0.1) is 21.4 Å². The van der Waals surface area contributed by atoms with E-state index in [0.29, 0.717) is 15.7 Å². The van der Waals surface area contributed by atoms with Gasteiger partial charge in [-0.1, -0.05) is 29.4 Å². The molecule has 0 radical (unpaired) electrons.